The lowest BCUT2D eigenvalue weighted by molar-refractivity contribution is -0.364. The first-order valence-corrected chi connectivity index (χ1v) is 12.1. The average molecular weight is 465 g/mol. The number of hydrogen-bond acceptors (Lipinski definition) is 5. The van der Waals surface area contributed by atoms with Crippen molar-refractivity contribution in [3.63, 3.8) is 0 Å². The van der Waals surface area contributed by atoms with Crippen LogP contribution in [0.25, 0.3) is 11.0 Å². The summed E-state index contributed by atoms with van der Waals surface area (Å²) in [5.41, 5.74) is -0.903. The molecule has 2 aromatic heterocycles. The van der Waals surface area contributed by atoms with Crippen molar-refractivity contribution in [1.29, 1.82) is 0 Å². The minimum Gasteiger partial charge on any atom is -0.332 e. The van der Waals surface area contributed by atoms with E-state index >= 15 is 4.39 Å². The molecule has 3 aromatic rings. The third-order valence-electron chi connectivity index (χ3n) is 5.52. The van der Waals surface area contributed by atoms with E-state index in [9.17, 15) is 17.6 Å². The van der Waals surface area contributed by atoms with Crippen LogP contribution in [0.3, 0.4) is 0 Å². The number of hydrogen-bond donors (Lipinski definition) is 3. The van der Waals surface area contributed by atoms with E-state index in [1.165, 1.54) is 12.5 Å². The minimum atomic E-state index is -3.83. The fourth-order valence-electron chi connectivity index (χ4n) is 4.03. The number of sulfonamides is 1. The van der Waals surface area contributed by atoms with Crippen LogP contribution >= 0.6 is 0 Å². The maximum Gasteiger partial charge on any atom is 0.232 e. The molecule has 0 amide bonds. The number of ketones is 1. The van der Waals surface area contributed by atoms with E-state index in [1.807, 2.05) is 0 Å². The van der Waals surface area contributed by atoms with Crippen molar-refractivity contribution in [2.45, 2.75) is 45.1 Å². The van der Waals surface area contributed by atoms with Crippen LogP contribution in [-0.4, -0.2) is 36.0 Å². The summed E-state index contributed by atoms with van der Waals surface area (Å²) in [7, 11) is -3.83. The maximum atomic E-state index is 15.1. The highest BCUT2D eigenvalue weighted by Crippen LogP contribution is 2.30. The molecule has 1 aliphatic rings. The molecular weight excluding hydrogens is 440 g/mol. The number of nitrogens with zero attached hydrogens (tertiary/aromatic N) is 1. The standard InChI is InChI=1S/C21H23F2N5O3S/c1-2-9-32(30,31)28-15-8-7-14(22)17(18(15)23)19(29)13-10-24-20-16(13)21(26-11-25-20)27-12-5-3-4-6-12/h7-8,10-12,28H,2-6,9H2,1H3,(H2,24,25,26,27)/p+1. The van der Waals surface area contributed by atoms with Gasteiger partial charge in [0.05, 0.1) is 28.6 Å². The highest BCUT2D eigenvalue weighted by molar-refractivity contribution is 7.92. The summed E-state index contributed by atoms with van der Waals surface area (Å²) in [6, 6.07) is 2.06. The van der Waals surface area contributed by atoms with Gasteiger partial charge >= 0.3 is 0 Å². The van der Waals surface area contributed by atoms with Crippen LogP contribution in [0.15, 0.2) is 24.7 Å². The Labute approximate surface area is 183 Å². The number of nitrogens with one attached hydrogen (secondary N) is 4. The molecule has 0 spiro atoms. The molecule has 2 heterocycles. The smallest absolute Gasteiger partial charge is 0.232 e. The number of anilines is 2. The van der Waals surface area contributed by atoms with Gasteiger partial charge in [-0.25, -0.2) is 22.2 Å². The van der Waals surface area contributed by atoms with Gasteiger partial charge in [-0.05, 0) is 44.2 Å². The van der Waals surface area contributed by atoms with Gasteiger partial charge in [-0.15, -0.1) is 0 Å². The highest BCUT2D eigenvalue weighted by Gasteiger charge is 2.29. The second-order valence-electron chi connectivity index (χ2n) is 7.86. The number of H-pyrrole nitrogens is 2. The molecule has 0 atom stereocenters. The van der Waals surface area contributed by atoms with E-state index in [4.69, 9.17) is 0 Å². The topological polar surface area (TPSA) is 118 Å². The molecule has 1 saturated carbocycles. The van der Waals surface area contributed by atoms with Gasteiger partial charge in [0.15, 0.2) is 5.82 Å². The highest BCUT2D eigenvalue weighted by atomic mass is 32.2. The zero-order valence-electron chi connectivity index (χ0n) is 17.5. The number of aromatic amines is 2. The van der Waals surface area contributed by atoms with Gasteiger partial charge in [0.25, 0.3) is 0 Å². The molecule has 11 heteroatoms. The zero-order chi connectivity index (χ0) is 22.9. The number of rotatable bonds is 8. The second-order valence-corrected chi connectivity index (χ2v) is 9.71. The van der Waals surface area contributed by atoms with E-state index in [0.717, 1.165) is 37.8 Å². The van der Waals surface area contributed by atoms with Gasteiger partial charge in [-0.3, -0.25) is 9.52 Å². The predicted octanol–water partition coefficient (Wildman–Crippen LogP) is 3.39. The third kappa shape index (κ3) is 4.29. The van der Waals surface area contributed by atoms with Crippen LogP contribution < -0.4 is 15.0 Å². The van der Waals surface area contributed by atoms with E-state index in [1.54, 1.807) is 6.92 Å². The Morgan fingerprint density at radius 1 is 1.28 bits per heavy atom. The molecule has 1 fully saturated rings. The van der Waals surface area contributed by atoms with E-state index in [0.29, 0.717) is 23.3 Å². The lowest BCUT2D eigenvalue weighted by atomic mass is 10.0. The van der Waals surface area contributed by atoms with Gasteiger partial charge in [0.2, 0.25) is 33.6 Å². The van der Waals surface area contributed by atoms with E-state index in [2.05, 4.69) is 25.0 Å². The monoisotopic (exact) mass is 464 g/mol. The first-order chi connectivity index (χ1) is 15.3. The molecule has 1 aromatic carbocycles. The van der Waals surface area contributed by atoms with Gasteiger partial charge in [-0.2, -0.15) is 0 Å². The zero-order valence-corrected chi connectivity index (χ0v) is 18.3. The molecule has 0 radical (unpaired) electrons. The molecule has 0 aliphatic heterocycles. The Balaban J connectivity index is 1.75. The Morgan fingerprint density at radius 3 is 2.75 bits per heavy atom. The molecule has 32 heavy (non-hydrogen) atoms. The summed E-state index contributed by atoms with van der Waals surface area (Å²) in [5, 5.41) is 3.74. The van der Waals surface area contributed by atoms with Crippen LogP contribution in [0, 0.1) is 11.6 Å². The summed E-state index contributed by atoms with van der Waals surface area (Å²) in [5.74, 6) is -2.96. The summed E-state index contributed by atoms with van der Waals surface area (Å²) in [6.07, 6.45) is 7.29. The molecule has 0 bridgehead atoms. The average Bonchev–Trinajstić information content (AvgIpc) is 3.40. The van der Waals surface area contributed by atoms with Crippen molar-refractivity contribution in [2.24, 2.45) is 0 Å². The first-order valence-electron chi connectivity index (χ1n) is 10.5. The fourth-order valence-corrected chi connectivity index (χ4v) is 5.16. The lowest BCUT2D eigenvalue weighted by Gasteiger charge is -2.12. The van der Waals surface area contributed by atoms with Gasteiger partial charge in [0.1, 0.15) is 11.2 Å². The van der Waals surface area contributed by atoms with Crippen molar-refractivity contribution in [3.05, 3.63) is 47.4 Å². The van der Waals surface area contributed by atoms with Crippen molar-refractivity contribution >= 4 is 38.3 Å². The Kier molecular flexibility index (Phi) is 6.09. The molecule has 1 aliphatic carbocycles. The predicted molar refractivity (Wildman–Crippen MR) is 116 cm³/mol. The number of fused-ring (bicyclic) bond motifs is 1. The normalized spacial score (nSPS) is 14.7. The van der Waals surface area contributed by atoms with Crippen molar-refractivity contribution < 1.29 is 27.0 Å². The van der Waals surface area contributed by atoms with Crippen LogP contribution in [-0.2, 0) is 10.0 Å². The summed E-state index contributed by atoms with van der Waals surface area (Å²) < 4.78 is 55.9. The Bertz CT molecular complexity index is 1270. The SMILES string of the molecule is CCCS(=O)(=O)Nc1ccc(F)c(C(=O)c2c[nH]c3nc[nH+]c(NC4CCCC4)c23)c1F. The number of benzene rings is 1. The quantitative estimate of drug-likeness (QED) is 0.442. The molecule has 4 rings (SSSR count). The van der Waals surface area contributed by atoms with E-state index < -0.39 is 38.7 Å². The van der Waals surface area contributed by atoms with Crippen LogP contribution in [0.4, 0.5) is 20.3 Å². The molecule has 8 nitrogen and oxygen atoms in total. The number of aromatic nitrogens is 3. The van der Waals surface area contributed by atoms with Gasteiger partial charge in [0, 0.05) is 6.20 Å². The summed E-state index contributed by atoms with van der Waals surface area (Å²) >= 11 is 0. The Hall–Kier alpha value is -3.08. The summed E-state index contributed by atoms with van der Waals surface area (Å²) in [6.45, 7) is 1.66. The molecule has 0 unspecified atom stereocenters. The van der Waals surface area contributed by atoms with Crippen molar-refractivity contribution in [3.8, 4) is 0 Å². The van der Waals surface area contributed by atoms with Crippen LogP contribution in [0.1, 0.15) is 54.9 Å². The Morgan fingerprint density at radius 2 is 2.03 bits per heavy atom. The third-order valence-corrected chi connectivity index (χ3v) is 6.99. The fraction of sp³-hybridized carbons (Fsp3) is 0.381. The molecular formula is C21H24F2N5O3S+. The van der Waals surface area contributed by atoms with Crippen molar-refractivity contribution in [2.75, 3.05) is 15.8 Å². The lowest BCUT2D eigenvalue weighted by Crippen LogP contribution is -2.22. The second kappa shape index (κ2) is 8.81. The number of carbonyl (C=O) groups excluding carboxylic acids is 1. The van der Waals surface area contributed by atoms with Gasteiger partial charge < -0.3 is 10.3 Å². The largest absolute Gasteiger partial charge is 0.332 e. The molecule has 0 saturated heterocycles. The van der Waals surface area contributed by atoms with E-state index in [-0.39, 0.29) is 17.4 Å². The molecule has 4 N–H and O–H groups in total. The summed E-state index contributed by atoms with van der Waals surface area (Å²) in [4.78, 5) is 23.3. The minimum absolute atomic E-state index is 0.0243. The number of halogens is 2. The van der Waals surface area contributed by atoms with Crippen LogP contribution in [0.5, 0.6) is 0 Å². The van der Waals surface area contributed by atoms with Gasteiger partial charge in [-0.1, -0.05) is 11.9 Å². The van der Waals surface area contributed by atoms with Crippen molar-refractivity contribution in [1.82, 2.24) is 9.97 Å². The molecule has 170 valence electrons. The number of carbonyl (C=O) groups is 1. The van der Waals surface area contributed by atoms with Crippen LogP contribution in [0.2, 0.25) is 0 Å². The maximum absolute atomic E-state index is 15.1. The first kappa shape index (κ1) is 22.1.